The minimum absolute atomic E-state index is 0.122. The van der Waals surface area contributed by atoms with Crippen LogP contribution in [0.3, 0.4) is 0 Å². The molecule has 0 unspecified atom stereocenters. The van der Waals surface area contributed by atoms with Crippen LogP contribution in [0.2, 0.25) is 0 Å². The van der Waals surface area contributed by atoms with Crippen LogP contribution in [0.25, 0.3) is 5.69 Å². The first kappa shape index (κ1) is 26.1. The third kappa shape index (κ3) is 6.81. The minimum atomic E-state index is -0.633. The molecular weight excluding hydrogens is 457 g/mol. The van der Waals surface area contributed by atoms with Crippen LogP contribution in [-0.2, 0) is 11.3 Å². The van der Waals surface area contributed by atoms with Crippen molar-refractivity contribution in [3.8, 4) is 17.3 Å². The average molecular weight is 494 g/mol. The maximum absolute atomic E-state index is 14.6. The number of halogens is 1. The van der Waals surface area contributed by atoms with Gasteiger partial charge in [0.15, 0.2) is 11.6 Å². The molecule has 36 heavy (non-hydrogen) atoms. The number of aromatic nitrogens is 2. The van der Waals surface area contributed by atoms with E-state index in [-0.39, 0.29) is 18.3 Å². The van der Waals surface area contributed by atoms with Crippen molar-refractivity contribution >= 4 is 0 Å². The second-order valence-corrected chi connectivity index (χ2v) is 9.72. The van der Waals surface area contributed by atoms with E-state index in [2.05, 4.69) is 25.3 Å². The Hall–Kier alpha value is -3.00. The molecule has 7 heteroatoms. The Bertz CT molecular complexity index is 1130. The minimum Gasteiger partial charge on any atom is -0.435 e. The molecule has 1 saturated carbocycles. The van der Waals surface area contributed by atoms with Crippen molar-refractivity contribution in [2.24, 2.45) is 5.92 Å². The highest BCUT2D eigenvalue weighted by molar-refractivity contribution is 5.44. The number of ether oxygens (including phenoxy) is 2. The molecule has 4 rings (SSSR count). The van der Waals surface area contributed by atoms with E-state index < -0.39 is 11.9 Å². The van der Waals surface area contributed by atoms with E-state index in [9.17, 15) is 9.50 Å². The number of benzene rings is 2. The largest absolute Gasteiger partial charge is 0.435 e. The smallest absolute Gasteiger partial charge is 0.227 e. The lowest BCUT2D eigenvalue weighted by Crippen LogP contribution is -2.36. The van der Waals surface area contributed by atoms with Gasteiger partial charge in [-0.1, -0.05) is 50.3 Å². The summed E-state index contributed by atoms with van der Waals surface area (Å²) in [6, 6.07) is 16.2. The van der Waals surface area contributed by atoms with Crippen LogP contribution >= 0.6 is 0 Å². The van der Waals surface area contributed by atoms with Gasteiger partial charge in [0.1, 0.15) is 0 Å². The molecule has 0 aliphatic heterocycles. The highest BCUT2D eigenvalue weighted by atomic mass is 19.1. The van der Waals surface area contributed by atoms with Crippen molar-refractivity contribution < 1.29 is 19.0 Å². The molecule has 1 aromatic heterocycles. The summed E-state index contributed by atoms with van der Waals surface area (Å²) in [6.45, 7) is 10.3. The summed E-state index contributed by atoms with van der Waals surface area (Å²) in [5.74, 6) is 0.955. The normalized spacial score (nSPS) is 14.4. The fraction of sp³-hybridized carbons (Fsp3) is 0.414. The zero-order chi connectivity index (χ0) is 25.5. The van der Waals surface area contributed by atoms with E-state index in [0.29, 0.717) is 31.5 Å². The lowest BCUT2D eigenvalue weighted by molar-refractivity contribution is 0.0235. The number of aliphatic hydroxyl groups is 1. The van der Waals surface area contributed by atoms with Gasteiger partial charge in [-0.2, -0.15) is 5.10 Å². The molecule has 6 nitrogen and oxygen atoms in total. The molecule has 0 saturated heterocycles. The van der Waals surface area contributed by atoms with Gasteiger partial charge in [0.25, 0.3) is 0 Å². The predicted molar refractivity (Wildman–Crippen MR) is 139 cm³/mol. The van der Waals surface area contributed by atoms with E-state index >= 15 is 0 Å². The van der Waals surface area contributed by atoms with Gasteiger partial charge in [-0.05, 0) is 48.9 Å². The number of nitrogens with zero attached hydrogens (tertiary/aromatic N) is 3. The number of rotatable bonds is 14. The zero-order valence-electron chi connectivity index (χ0n) is 21.1. The average Bonchev–Trinajstić information content (AvgIpc) is 3.61. The van der Waals surface area contributed by atoms with Crippen molar-refractivity contribution in [2.45, 2.75) is 45.3 Å². The van der Waals surface area contributed by atoms with Gasteiger partial charge in [0.05, 0.1) is 36.3 Å². The molecule has 1 aliphatic rings. The van der Waals surface area contributed by atoms with E-state index in [0.717, 1.165) is 23.5 Å². The highest BCUT2D eigenvalue weighted by Crippen LogP contribution is 2.37. The summed E-state index contributed by atoms with van der Waals surface area (Å²) >= 11 is 0. The Balaban J connectivity index is 1.71. The van der Waals surface area contributed by atoms with Crippen LogP contribution in [0.1, 0.15) is 43.9 Å². The van der Waals surface area contributed by atoms with Crippen LogP contribution in [0.4, 0.5) is 4.39 Å². The van der Waals surface area contributed by atoms with Crippen LogP contribution in [0.15, 0.2) is 67.3 Å². The van der Waals surface area contributed by atoms with Crippen LogP contribution < -0.4 is 4.74 Å². The van der Waals surface area contributed by atoms with Crippen molar-refractivity contribution in [1.82, 2.24) is 14.7 Å². The Morgan fingerprint density at radius 3 is 2.56 bits per heavy atom. The molecule has 2 aromatic carbocycles. The van der Waals surface area contributed by atoms with Crippen molar-refractivity contribution in [1.29, 1.82) is 0 Å². The molecule has 1 N–H and O–H groups in total. The first-order valence-corrected chi connectivity index (χ1v) is 12.6. The molecule has 192 valence electrons. The predicted octanol–water partition coefficient (Wildman–Crippen LogP) is 5.70. The molecule has 1 atom stereocenters. The van der Waals surface area contributed by atoms with E-state index in [1.54, 1.807) is 29.0 Å². The van der Waals surface area contributed by atoms with Gasteiger partial charge < -0.3 is 14.6 Å². The summed E-state index contributed by atoms with van der Waals surface area (Å²) < 4.78 is 28.2. The molecule has 3 aromatic rings. The number of hydrogen-bond donors (Lipinski definition) is 1. The van der Waals surface area contributed by atoms with E-state index in [1.165, 1.54) is 18.9 Å². The first-order valence-electron chi connectivity index (χ1n) is 12.6. The van der Waals surface area contributed by atoms with Crippen molar-refractivity contribution in [3.63, 3.8) is 0 Å². The van der Waals surface area contributed by atoms with E-state index in [4.69, 9.17) is 14.6 Å². The Morgan fingerprint density at radius 1 is 1.17 bits per heavy atom. The maximum Gasteiger partial charge on any atom is 0.227 e. The fourth-order valence-corrected chi connectivity index (χ4v) is 4.28. The van der Waals surface area contributed by atoms with Gasteiger partial charge in [0, 0.05) is 19.6 Å². The second-order valence-electron chi connectivity index (χ2n) is 9.72. The molecule has 1 heterocycles. The third-order valence-corrected chi connectivity index (χ3v) is 6.17. The van der Waals surface area contributed by atoms with Crippen LogP contribution in [0, 0.1) is 11.7 Å². The molecular formula is C29H36FN3O3. The molecule has 1 aliphatic carbocycles. The van der Waals surface area contributed by atoms with Gasteiger partial charge in [-0.15, -0.1) is 6.58 Å². The van der Waals surface area contributed by atoms with Crippen LogP contribution in [-0.4, -0.2) is 52.2 Å². The second kappa shape index (κ2) is 12.3. The lowest BCUT2D eigenvalue weighted by Gasteiger charge is -2.26. The zero-order valence-corrected chi connectivity index (χ0v) is 21.1. The lowest BCUT2D eigenvalue weighted by atomic mass is 10.1. The summed E-state index contributed by atoms with van der Waals surface area (Å²) in [4.78, 5) is 2.24. The van der Waals surface area contributed by atoms with E-state index in [1.807, 2.05) is 30.3 Å². The maximum atomic E-state index is 14.6. The molecule has 0 bridgehead atoms. The third-order valence-electron chi connectivity index (χ3n) is 6.17. The molecule has 0 amide bonds. The number of aliphatic hydroxyl groups excluding tert-OH is 1. The first-order chi connectivity index (χ1) is 17.5. The summed E-state index contributed by atoms with van der Waals surface area (Å²) in [5, 5.41) is 15.6. The van der Waals surface area contributed by atoms with Crippen molar-refractivity contribution in [2.75, 3.05) is 26.3 Å². The van der Waals surface area contributed by atoms with Crippen LogP contribution in [0.5, 0.6) is 11.6 Å². The Labute approximate surface area is 213 Å². The number of para-hydroxylation sites is 2. The summed E-state index contributed by atoms with van der Waals surface area (Å²) in [5.41, 5.74) is 2.63. The van der Waals surface area contributed by atoms with Gasteiger partial charge in [0.2, 0.25) is 5.88 Å². The fourth-order valence-electron chi connectivity index (χ4n) is 4.28. The molecule has 1 fully saturated rings. The van der Waals surface area contributed by atoms with Crippen molar-refractivity contribution in [3.05, 3.63) is 84.3 Å². The Morgan fingerprint density at radius 2 is 1.89 bits per heavy atom. The standard InChI is InChI=1S/C29H36FN3O3/c1-4-16-35-20-24(34)18-32(17-22-14-15-22)19-25-28(21(2)3)31-33(23-10-6-5-7-11-23)29(25)36-27-13-9-8-12-26(27)30/h4-13,21-22,24,34H,1,14-20H2,2-3H3/t24-/m1/s1. The summed E-state index contributed by atoms with van der Waals surface area (Å²) in [6.07, 6.45) is 3.43. The molecule has 0 spiro atoms. The summed E-state index contributed by atoms with van der Waals surface area (Å²) in [7, 11) is 0. The van der Waals surface area contributed by atoms with Gasteiger partial charge in [-0.25, -0.2) is 9.07 Å². The SMILES string of the molecule is C=CCOC[C@H](O)CN(Cc1c(C(C)C)nn(-c2ccccc2)c1Oc1ccccc1F)CC1CC1. The quantitative estimate of drug-likeness (QED) is 0.231. The topological polar surface area (TPSA) is 59.8 Å². The van der Waals surface area contributed by atoms with Gasteiger partial charge >= 0.3 is 0 Å². The monoisotopic (exact) mass is 493 g/mol. The Kier molecular flexibility index (Phi) is 8.91. The van der Waals surface area contributed by atoms with Gasteiger partial charge in [-0.3, -0.25) is 4.90 Å². The highest BCUT2D eigenvalue weighted by Gasteiger charge is 2.30. The number of hydrogen-bond acceptors (Lipinski definition) is 5. The molecule has 0 radical (unpaired) electrons.